The summed E-state index contributed by atoms with van der Waals surface area (Å²) in [6.45, 7) is 1.08. The molecule has 1 aliphatic heterocycles. The maximum atomic E-state index is 14.0. The lowest BCUT2D eigenvalue weighted by atomic mass is 9.65. The number of carbonyl (C=O) groups excluding carboxylic acids is 1. The summed E-state index contributed by atoms with van der Waals surface area (Å²) in [4.78, 5) is 32.0. The number of aromatic nitrogens is 2. The minimum Gasteiger partial charge on any atom is -0.387 e. The number of hydrogen-bond donors (Lipinski definition) is 1. The number of benzene rings is 1. The molecule has 0 bridgehead atoms. The van der Waals surface area contributed by atoms with Gasteiger partial charge < -0.3 is 10.0 Å². The van der Waals surface area contributed by atoms with Gasteiger partial charge in [-0.1, -0.05) is 43.2 Å². The molecule has 6 nitrogen and oxygen atoms in total. The van der Waals surface area contributed by atoms with Crippen molar-refractivity contribution in [2.75, 3.05) is 13.1 Å². The highest BCUT2D eigenvalue weighted by molar-refractivity contribution is 5.76. The zero-order valence-electron chi connectivity index (χ0n) is 19.0. The number of halogens is 1. The molecule has 1 N–H and O–H groups in total. The summed E-state index contributed by atoms with van der Waals surface area (Å²) in [6, 6.07) is 11.1. The van der Waals surface area contributed by atoms with Crippen LogP contribution in [0.5, 0.6) is 0 Å². The van der Waals surface area contributed by atoms with Gasteiger partial charge in [0.2, 0.25) is 5.91 Å². The lowest BCUT2D eigenvalue weighted by Crippen LogP contribution is -2.62. The van der Waals surface area contributed by atoms with Crippen molar-refractivity contribution < 1.29 is 14.3 Å². The van der Waals surface area contributed by atoms with Gasteiger partial charge in [-0.05, 0) is 38.5 Å². The van der Waals surface area contributed by atoms with E-state index >= 15 is 0 Å². The highest BCUT2D eigenvalue weighted by atomic mass is 19.1. The maximum Gasteiger partial charge on any atom is 0.253 e. The van der Waals surface area contributed by atoms with E-state index in [0.29, 0.717) is 44.5 Å². The first kappa shape index (κ1) is 22.3. The van der Waals surface area contributed by atoms with Gasteiger partial charge in [-0.2, -0.15) is 0 Å². The van der Waals surface area contributed by atoms with Crippen LogP contribution in [0.1, 0.15) is 57.8 Å². The van der Waals surface area contributed by atoms with E-state index in [1.807, 2.05) is 35.2 Å². The quantitative estimate of drug-likeness (QED) is 0.724. The Bertz CT molecular complexity index is 1080. The summed E-state index contributed by atoms with van der Waals surface area (Å²) in [6.07, 6.45) is 7.24. The summed E-state index contributed by atoms with van der Waals surface area (Å²) in [5.74, 6) is -0.0155. The summed E-state index contributed by atoms with van der Waals surface area (Å²) < 4.78 is 15.5. The molecule has 1 amide bonds. The normalized spacial score (nSPS) is 25.3. The van der Waals surface area contributed by atoms with Crippen molar-refractivity contribution in [3.05, 3.63) is 53.1 Å². The molecule has 3 fully saturated rings. The van der Waals surface area contributed by atoms with Crippen LogP contribution >= 0.6 is 0 Å². The molecule has 0 radical (unpaired) electrons. The molecule has 2 aliphatic carbocycles. The summed E-state index contributed by atoms with van der Waals surface area (Å²) >= 11 is 0. The van der Waals surface area contributed by atoms with Gasteiger partial charge in [-0.15, -0.1) is 0 Å². The molecule has 7 heteroatoms. The molecule has 1 aromatic heterocycles. The lowest BCUT2D eigenvalue weighted by Gasteiger charge is -2.52. The van der Waals surface area contributed by atoms with Crippen molar-refractivity contribution in [1.29, 1.82) is 0 Å². The molecule has 2 saturated carbocycles. The zero-order valence-corrected chi connectivity index (χ0v) is 19.0. The third-order valence-electron chi connectivity index (χ3n) is 8.15. The van der Waals surface area contributed by atoms with E-state index in [9.17, 15) is 19.1 Å². The monoisotopic (exact) mass is 453 g/mol. The van der Waals surface area contributed by atoms with E-state index in [1.165, 1.54) is 17.0 Å². The molecule has 5 rings (SSSR count). The van der Waals surface area contributed by atoms with Gasteiger partial charge in [0, 0.05) is 36.6 Å². The Kier molecular flexibility index (Phi) is 5.63. The van der Waals surface area contributed by atoms with Crippen LogP contribution in [0.2, 0.25) is 0 Å². The van der Waals surface area contributed by atoms with Crippen molar-refractivity contribution in [3.63, 3.8) is 0 Å². The van der Waals surface area contributed by atoms with Crippen molar-refractivity contribution in [2.24, 2.45) is 5.41 Å². The fourth-order valence-corrected chi connectivity index (χ4v) is 5.78. The maximum absolute atomic E-state index is 14.0. The predicted molar refractivity (Wildman–Crippen MR) is 123 cm³/mol. The minimum absolute atomic E-state index is 0.0155. The summed E-state index contributed by atoms with van der Waals surface area (Å²) in [7, 11) is 0. The molecular formula is C26H32FN3O3. The number of likely N-dealkylation sites (tertiary alicyclic amines) is 1. The highest BCUT2D eigenvalue weighted by Gasteiger charge is 2.55. The summed E-state index contributed by atoms with van der Waals surface area (Å²) in [5, 5.41) is 11.9. The molecule has 1 aromatic carbocycles. The minimum atomic E-state index is -1.13. The van der Waals surface area contributed by atoms with Gasteiger partial charge in [0.15, 0.2) is 0 Å². The Morgan fingerprint density at radius 3 is 2.48 bits per heavy atom. The van der Waals surface area contributed by atoms with Gasteiger partial charge in [0.05, 0.1) is 24.2 Å². The van der Waals surface area contributed by atoms with Crippen molar-refractivity contribution >= 4 is 5.91 Å². The number of nitrogens with zero attached hydrogens (tertiary/aromatic N) is 3. The van der Waals surface area contributed by atoms with Gasteiger partial charge in [-0.25, -0.2) is 9.37 Å². The van der Waals surface area contributed by atoms with Crippen molar-refractivity contribution in [2.45, 2.75) is 75.6 Å². The van der Waals surface area contributed by atoms with Crippen LogP contribution in [0.4, 0.5) is 4.39 Å². The van der Waals surface area contributed by atoms with Crippen LogP contribution in [-0.4, -0.2) is 49.8 Å². The van der Waals surface area contributed by atoms with E-state index < -0.39 is 16.7 Å². The molecule has 3 aliphatic rings. The molecule has 0 unspecified atom stereocenters. The molecule has 1 spiro atoms. The number of piperidine rings is 1. The number of rotatable bonds is 6. The van der Waals surface area contributed by atoms with Crippen LogP contribution in [-0.2, 0) is 11.3 Å². The molecular weight excluding hydrogens is 421 g/mol. The molecule has 1 atom stereocenters. The highest BCUT2D eigenvalue weighted by Crippen LogP contribution is 2.52. The van der Waals surface area contributed by atoms with E-state index in [4.69, 9.17) is 0 Å². The number of carbonyl (C=O) groups is 1. The van der Waals surface area contributed by atoms with E-state index in [0.717, 1.165) is 31.2 Å². The fraction of sp³-hybridized carbons (Fsp3) is 0.577. The van der Waals surface area contributed by atoms with Crippen molar-refractivity contribution in [1.82, 2.24) is 14.5 Å². The molecule has 33 heavy (non-hydrogen) atoms. The van der Waals surface area contributed by atoms with Crippen LogP contribution in [0.25, 0.3) is 11.3 Å². The Morgan fingerprint density at radius 1 is 1.09 bits per heavy atom. The Balaban J connectivity index is 1.33. The number of alkyl halides is 1. The third kappa shape index (κ3) is 4.35. The van der Waals surface area contributed by atoms with Gasteiger partial charge in [0.1, 0.15) is 5.67 Å². The standard InChI is InChI=1S/C26H32FN3O3/c27-25(12-13-25)11-8-22(31)29-15-14-26(33,24(17-29)9-4-5-10-24)18-30-19-28-21(16-23(30)32)20-6-2-1-3-7-20/h1-3,6-7,16,19,33H,4-5,8-15,17-18H2/t26-/m1/s1. The topological polar surface area (TPSA) is 75.4 Å². The lowest BCUT2D eigenvalue weighted by molar-refractivity contribution is -0.160. The van der Waals surface area contributed by atoms with Crippen LogP contribution in [0, 0.1) is 5.41 Å². The molecule has 2 aromatic rings. The van der Waals surface area contributed by atoms with Gasteiger partial charge in [-0.3, -0.25) is 14.2 Å². The third-order valence-corrected chi connectivity index (χ3v) is 8.15. The first-order chi connectivity index (χ1) is 15.8. The number of amides is 1. The molecule has 1 saturated heterocycles. The largest absolute Gasteiger partial charge is 0.387 e. The molecule has 176 valence electrons. The number of aliphatic hydroxyl groups is 1. The first-order valence-corrected chi connectivity index (χ1v) is 12.1. The van der Waals surface area contributed by atoms with Gasteiger partial charge >= 0.3 is 0 Å². The fourth-order valence-electron chi connectivity index (χ4n) is 5.78. The Labute approximate surface area is 193 Å². The second kappa shape index (κ2) is 8.35. The van der Waals surface area contributed by atoms with E-state index in [2.05, 4.69) is 4.98 Å². The van der Waals surface area contributed by atoms with Crippen LogP contribution in [0.15, 0.2) is 47.5 Å². The Hall–Kier alpha value is -2.54. The van der Waals surface area contributed by atoms with E-state index in [-0.39, 0.29) is 24.4 Å². The van der Waals surface area contributed by atoms with Crippen LogP contribution in [0.3, 0.4) is 0 Å². The second-order valence-corrected chi connectivity index (χ2v) is 10.3. The van der Waals surface area contributed by atoms with Gasteiger partial charge in [0.25, 0.3) is 5.56 Å². The smallest absolute Gasteiger partial charge is 0.253 e. The van der Waals surface area contributed by atoms with E-state index in [1.54, 1.807) is 0 Å². The number of hydrogen-bond acceptors (Lipinski definition) is 4. The summed E-state index contributed by atoms with van der Waals surface area (Å²) in [5.41, 5.74) is -1.36. The first-order valence-electron chi connectivity index (χ1n) is 12.1. The predicted octanol–water partition coefficient (Wildman–Crippen LogP) is 3.72. The van der Waals surface area contributed by atoms with Crippen molar-refractivity contribution in [3.8, 4) is 11.3 Å². The zero-order chi connectivity index (χ0) is 23.1. The Morgan fingerprint density at radius 2 is 1.82 bits per heavy atom. The average molecular weight is 454 g/mol. The average Bonchev–Trinajstić information content (AvgIpc) is 3.36. The molecule has 2 heterocycles. The van der Waals surface area contributed by atoms with Crippen LogP contribution < -0.4 is 5.56 Å². The SMILES string of the molecule is O=C(CCC1(F)CC1)N1CC[C@@](O)(Cn2cnc(-c3ccccc3)cc2=O)C2(CCCC2)C1. The second-order valence-electron chi connectivity index (χ2n) is 10.3.